The quantitative estimate of drug-likeness (QED) is 0.662. The van der Waals surface area contributed by atoms with E-state index in [1.807, 2.05) is 13.0 Å². The molecular weight excluding hydrogens is 267 g/mol. The van der Waals surface area contributed by atoms with Crippen LogP contribution in [0.15, 0.2) is 18.5 Å². The Kier molecular flexibility index (Phi) is 4.65. The lowest BCUT2D eigenvalue weighted by Crippen LogP contribution is -2.37. The molecule has 6 heteroatoms. The highest BCUT2D eigenvalue weighted by molar-refractivity contribution is 5.21. The minimum absolute atomic E-state index is 0.127. The van der Waals surface area contributed by atoms with E-state index in [1.165, 1.54) is 0 Å². The molecule has 1 atom stereocenters. The van der Waals surface area contributed by atoms with Gasteiger partial charge in [0, 0.05) is 12.4 Å². The first-order chi connectivity index (χ1) is 9.41. The number of aryl methyl sites for hydroxylation is 1. The van der Waals surface area contributed by atoms with E-state index in [2.05, 4.69) is 10.4 Å². The fraction of sp³-hybridized carbons (Fsp3) is 0.643. The van der Waals surface area contributed by atoms with Crippen LogP contribution in [-0.4, -0.2) is 11.2 Å². The molecule has 1 aromatic heterocycles. The molecule has 1 saturated carbocycles. The van der Waals surface area contributed by atoms with Crippen molar-refractivity contribution in [3.8, 4) is 0 Å². The first-order valence-corrected chi connectivity index (χ1v) is 6.86. The first kappa shape index (κ1) is 15.3. The van der Waals surface area contributed by atoms with E-state index in [1.54, 1.807) is 12.4 Å². The molecule has 2 rings (SSSR count). The van der Waals surface area contributed by atoms with E-state index in [4.69, 9.17) is 5.84 Å². The highest BCUT2D eigenvalue weighted by atomic mass is 19.4. The normalized spacial score (nSPS) is 25.4. The van der Waals surface area contributed by atoms with Gasteiger partial charge in [-0.05, 0) is 49.7 Å². The Labute approximate surface area is 116 Å². The number of hydrazine groups is 1. The van der Waals surface area contributed by atoms with Crippen LogP contribution in [0.4, 0.5) is 13.2 Å². The van der Waals surface area contributed by atoms with Gasteiger partial charge < -0.3 is 0 Å². The summed E-state index contributed by atoms with van der Waals surface area (Å²) in [6.07, 6.45) is 0.851. The number of nitrogens with two attached hydrogens (primary N) is 1. The van der Waals surface area contributed by atoms with Gasteiger partial charge in [0.2, 0.25) is 0 Å². The number of hydrogen-bond acceptors (Lipinski definition) is 3. The van der Waals surface area contributed by atoms with E-state index in [0.717, 1.165) is 11.1 Å². The molecule has 3 N–H and O–H groups in total. The Bertz CT molecular complexity index is 440. The highest BCUT2D eigenvalue weighted by Gasteiger charge is 2.42. The molecule has 1 aliphatic rings. The topological polar surface area (TPSA) is 50.9 Å². The van der Waals surface area contributed by atoms with Crippen LogP contribution >= 0.6 is 0 Å². The molecule has 112 valence electrons. The summed E-state index contributed by atoms with van der Waals surface area (Å²) in [5.41, 5.74) is 4.71. The second kappa shape index (κ2) is 6.10. The predicted molar refractivity (Wildman–Crippen MR) is 70.5 cm³/mol. The Morgan fingerprint density at radius 1 is 1.25 bits per heavy atom. The van der Waals surface area contributed by atoms with Crippen molar-refractivity contribution in [2.45, 2.75) is 44.8 Å². The van der Waals surface area contributed by atoms with Crippen molar-refractivity contribution in [1.29, 1.82) is 0 Å². The summed E-state index contributed by atoms with van der Waals surface area (Å²) in [7, 11) is 0. The zero-order valence-electron chi connectivity index (χ0n) is 11.5. The number of nitrogens with one attached hydrogen (secondary N) is 1. The molecular formula is C14H20F3N3. The summed E-state index contributed by atoms with van der Waals surface area (Å²) in [6.45, 7) is 1.94. The lowest BCUT2D eigenvalue weighted by Gasteiger charge is -2.34. The number of nitrogens with zero attached hydrogens (tertiary/aromatic N) is 1. The molecule has 0 bridgehead atoms. The van der Waals surface area contributed by atoms with Gasteiger partial charge in [0.25, 0.3) is 0 Å². The molecule has 1 aliphatic carbocycles. The molecule has 0 aromatic carbocycles. The minimum atomic E-state index is -4.07. The molecule has 0 aliphatic heterocycles. The van der Waals surface area contributed by atoms with Crippen LogP contribution in [0, 0.1) is 18.8 Å². The van der Waals surface area contributed by atoms with E-state index < -0.39 is 12.1 Å². The number of halogens is 3. The number of rotatable bonds is 3. The summed E-state index contributed by atoms with van der Waals surface area (Å²) in [5.74, 6) is 4.57. The molecule has 0 amide bonds. The fourth-order valence-corrected chi connectivity index (χ4v) is 3.03. The lowest BCUT2D eigenvalue weighted by atomic mass is 9.77. The largest absolute Gasteiger partial charge is 0.391 e. The number of pyridine rings is 1. The third-order valence-electron chi connectivity index (χ3n) is 4.14. The van der Waals surface area contributed by atoms with Gasteiger partial charge in [-0.3, -0.25) is 16.3 Å². The Balaban J connectivity index is 2.04. The third-order valence-corrected chi connectivity index (χ3v) is 4.14. The van der Waals surface area contributed by atoms with Crippen molar-refractivity contribution in [2.24, 2.45) is 17.7 Å². The van der Waals surface area contributed by atoms with Crippen molar-refractivity contribution >= 4 is 0 Å². The van der Waals surface area contributed by atoms with Gasteiger partial charge in [0.1, 0.15) is 0 Å². The van der Waals surface area contributed by atoms with Gasteiger partial charge >= 0.3 is 6.18 Å². The van der Waals surface area contributed by atoms with E-state index in [-0.39, 0.29) is 24.8 Å². The molecule has 0 spiro atoms. The smallest absolute Gasteiger partial charge is 0.271 e. The second-order valence-corrected chi connectivity index (χ2v) is 5.59. The third kappa shape index (κ3) is 3.49. The Hall–Kier alpha value is -1.14. The van der Waals surface area contributed by atoms with Crippen LogP contribution in [0.3, 0.4) is 0 Å². The number of hydrogen-bond donors (Lipinski definition) is 2. The first-order valence-electron chi connectivity index (χ1n) is 6.86. The minimum Gasteiger partial charge on any atom is -0.271 e. The highest BCUT2D eigenvalue weighted by Crippen LogP contribution is 2.42. The average molecular weight is 287 g/mol. The second-order valence-electron chi connectivity index (χ2n) is 5.59. The maximum Gasteiger partial charge on any atom is 0.391 e. The fourth-order valence-electron chi connectivity index (χ4n) is 3.03. The van der Waals surface area contributed by atoms with Gasteiger partial charge in [-0.2, -0.15) is 13.2 Å². The maximum atomic E-state index is 12.7. The van der Waals surface area contributed by atoms with Gasteiger partial charge in [0.15, 0.2) is 0 Å². The molecule has 1 unspecified atom stereocenters. The monoisotopic (exact) mass is 287 g/mol. The van der Waals surface area contributed by atoms with E-state index >= 15 is 0 Å². The Morgan fingerprint density at radius 2 is 1.90 bits per heavy atom. The standard InChI is InChI=1S/C14H20F3N3/c1-9-6-11(8-19-7-9)13(20-18)10-2-4-12(5-3-10)14(15,16)17/h6-8,10,12-13,20H,2-5,18H2,1H3. The molecule has 3 nitrogen and oxygen atoms in total. The number of alkyl halides is 3. The zero-order valence-corrected chi connectivity index (χ0v) is 11.5. The lowest BCUT2D eigenvalue weighted by molar-refractivity contribution is -0.184. The van der Waals surface area contributed by atoms with Crippen LogP contribution < -0.4 is 11.3 Å². The zero-order chi connectivity index (χ0) is 14.8. The van der Waals surface area contributed by atoms with Crippen LogP contribution in [-0.2, 0) is 0 Å². The predicted octanol–water partition coefficient (Wildman–Crippen LogP) is 3.26. The van der Waals surface area contributed by atoms with Crippen molar-refractivity contribution in [3.63, 3.8) is 0 Å². The molecule has 1 heterocycles. The molecule has 0 saturated heterocycles. The molecule has 0 radical (unpaired) electrons. The van der Waals surface area contributed by atoms with Crippen LogP contribution in [0.1, 0.15) is 42.9 Å². The van der Waals surface area contributed by atoms with E-state index in [9.17, 15) is 13.2 Å². The summed E-state index contributed by atoms with van der Waals surface area (Å²) in [6, 6.07) is 1.85. The van der Waals surface area contributed by atoms with Gasteiger partial charge in [-0.25, -0.2) is 0 Å². The van der Waals surface area contributed by atoms with Gasteiger partial charge in [-0.15, -0.1) is 0 Å². The average Bonchev–Trinajstić information content (AvgIpc) is 2.39. The molecule has 1 aromatic rings. The Morgan fingerprint density at radius 3 is 2.40 bits per heavy atom. The van der Waals surface area contributed by atoms with Crippen molar-refractivity contribution in [3.05, 3.63) is 29.6 Å². The summed E-state index contributed by atoms with van der Waals surface area (Å²) in [5, 5.41) is 0. The summed E-state index contributed by atoms with van der Waals surface area (Å²) >= 11 is 0. The van der Waals surface area contributed by atoms with Crippen molar-refractivity contribution in [1.82, 2.24) is 10.4 Å². The van der Waals surface area contributed by atoms with Crippen molar-refractivity contribution in [2.75, 3.05) is 0 Å². The number of aromatic nitrogens is 1. The molecule has 20 heavy (non-hydrogen) atoms. The van der Waals surface area contributed by atoms with Crippen LogP contribution in [0.2, 0.25) is 0 Å². The summed E-state index contributed by atoms with van der Waals surface area (Å²) < 4.78 is 38.0. The van der Waals surface area contributed by atoms with Crippen LogP contribution in [0.25, 0.3) is 0 Å². The van der Waals surface area contributed by atoms with Gasteiger partial charge in [0.05, 0.1) is 12.0 Å². The summed E-state index contributed by atoms with van der Waals surface area (Å²) in [4.78, 5) is 4.13. The van der Waals surface area contributed by atoms with Gasteiger partial charge in [-0.1, -0.05) is 6.07 Å². The SMILES string of the molecule is Cc1cncc(C(NN)C2CCC(C(F)(F)F)CC2)c1. The van der Waals surface area contributed by atoms with E-state index in [0.29, 0.717) is 12.8 Å². The van der Waals surface area contributed by atoms with Crippen molar-refractivity contribution < 1.29 is 13.2 Å². The molecule has 1 fully saturated rings. The van der Waals surface area contributed by atoms with Crippen LogP contribution in [0.5, 0.6) is 0 Å². The maximum absolute atomic E-state index is 12.7.